The molecule has 0 spiro atoms. The molecule has 0 amide bonds. The van der Waals surface area contributed by atoms with Gasteiger partial charge in [-0.1, -0.05) is 18.2 Å². The number of carbonyl (C=O) groups is 1. The third-order valence-corrected chi connectivity index (χ3v) is 3.91. The lowest BCUT2D eigenvalue weighted by Gasteiger charge is -2.18. The van der Waals surface area contributed by atoms with E-state index in [9.17, 15) is 4.79 Å². The van der Waals surface area contributed by atoms with Gasteiger partial charge in [-0.2, -0.15) is 0 Å². The summed E-state index contributed by atoms with van der Waals surface area (Å²) in [6.07, 6.45) is 1.66. The smallest absolute Gasteiger partial charge is 0.363 e. The van der Waals surface area contributed by atoms with Gasteiger partial charge in [0.1, 0.15) is 19.0 Å². The minimum Gasteiger partial charge on any atom is -0.493 e. The number of hydrogen-bond donors (Lipinski definition) is 0. The number of aliphatic imine (C=N–C) groups is 1. The number of benzene rings is 2. The van der Waals surface area contributed by atoms with Crippen molar-refractivity contribution >= 4 is 17.9 Å². The van der Waals surface area contributed by atoms with Crippen LogP contribution in [0, 0.1) is 0 Å². The monoisotopic (exact) mass is 351 g/mol. The van der Waals surface area contributed by atoms with Gasteiger partial charge in [-0.25, -0.2) is 9.79 Å². The van der Waals surface area contributed by atoms with Gasteiger partial charge in [-0.15, -0.1) is 0 Å². The molecule has 0 radical (unpaired) electrons. The molecule has 2 heterocycles. The highest BCUT2D eigenvalue weighted by atomic mass is 16.6. The minimum absolute atomic E-state index is 0.225. The van der Waals surface area contributed by atoms with Gasteiger partial charge in [0.05, 0.1) is 12.2 Å². The maximum atomic E-state index is 12.2. The molecule has 132 valence electrons. The fourth-order valence-electron chi connectivity index (χ4n) is 2.76. The molecule has 2 aromatic rings. The van der Waals surface area contributed by atoms with E-state index in [1.165, 1.54) is 0 Å². The summed E-state index contributed by atoms with van der Waals surface area (Å²) >= 11 is 0. The van der Waals surface area contributed by atoms with Crippen LogP contribution in [0.25, 0.3) is 6.08 Å². The van der Waals surface area contributed by atoms with Crippen LogP contribution in [0.3, 0.4) is 0 Å². The third-order valence-electron chi connectivity index (χ3n) is 3.91. The van der Waals surface area contributed by atoms with Crippen LogP contribution in [0.1, 0.15) is 18.1 Å². The topological polar surface area (TPSA) is 66.3 Å². The number of cyclic esters (lactones) is 1. The Morgan fingerprint density at radius 3 is 2.77 bits per heavy atom. The van der Waals surface area contributed by atoms with Crippen molar-refractivity contribution < 1.29 is 23.7 Å². The number of carbonyl (C=O) groups excluding carboxylic acids is 1. The SMILES string of the molecule is CCOc1ccccc1C1=N/C(=C/c2ccc3c(c2)OCCO3)C(=O)O1. The summed E-state index contributed by atoms with van der Waals surface area (Å²) in [6, 6.07) is 12.8. The van der Waals surface area contributed by atoms with Gasteiger partial charge in [-0.3, -0.25) is 0 Å². The summed E-state index contributed by atoms with van der Waals surface area (Å²) in [5.41, 5.74) is 1.65. The van der Waals surface area contributed by atoms with Gasteiger partial charge in [-0.05, 0) is 42.8 Å². The van der Waals surface area contributed by atoms with Crippen molar-refractivity contribution in [1.82, 2.24) is 0 Å². The Labute approximate surface area is 150 Å². The van der Waals surface area contributed by atoms with E-state index < -0.39 is 5.97 Å². The van der Waals surface area contributed by atoms with E-state index in [2.05, 4.69) is 4.99 Å². The Bertz CT molecular complexity index is 916. The number of fused-ring (bicyclic) bond motifs is 1. The first kappa shape index (κ1) is 16.2. The number of nitrogens with zero attached hydrogens (tertiary/aromatic N) is 1. The van der Waals surface area contributed by atoms with E-state index in [0.717, 1.165) is 5.56 Å². The molecule has 2 aliphatic rings. The van der Waals surface area contributed by atoms with Gasteiger partial charge in [0.25, 0.3) is 0 Å². The standard InChI is InChI=1S/C20H17NO5/c1-2-23-16-6-4-3-5-14(16)19-21-15(20(22)26-19)11-13-7-8-17-18(12-13)25-10-9-24-17/h3-8,11-12H,2,9-10H2,1H3/b15-11+. The molecule has 26 heavy (non-hydrogen) atoms. The Kier molecular flexibility index (Phi) is 4.31. The summed E-state index contributed by atoms with van der Waals surface area (Å²) in [7, 11) is 0. The van der Waals surface area contributed by atoms with E-state index in [1.54, 1.807) is 6.08 Å². The van der Waals surface area contributed by atoms with Crippen LogP contribution < -0.4 is 14.2 Å². The van der Waals surface area contributed by atoms with Crippen molar-refractivity contribution in [2.45, 2.75) is 6.92 Å². The molecule has 0 fully saturated rings. The second-order valence-corrected chi connectivity index (χ2v) is 5.67. The van der Waals surface area contributed by atoms with Crippen LogP contribution in [0.4, 0.5) is 0 Å². The number of rotatable bonds is 4. The van der Waals surface area contributed by atoms with Gasteiger partial charge < -0.3 is 18.9 Å². The average Bonchev–Trinajstić information content (AvgIpc) is 3.03. The van der Waals surface area contributed by atoms with E-state index in [1.807, 2.05) is 49.4 Å². The number of para-hydroxylation sites is 1. The van der Waals surface area contributed by atoms with Crippen LogP contribution in [-0.4, -0.2) is 31.7 Å². The summed E-state index contributed by atoms with van der Waals surface area (Å²) in [4.78, 5) is 16.6. The van der Waals surface area contributed by atoms with Crippen molar-refractivity contribution in [2.24, 2.45) is 4.99 Å². The van der Waals surface area contributed by atoms with Crippen molar-refractivity contribution in [3.63, 3.8) is 0 Å². The largest absolute Gasteiger partial charge is 0.493 e. The molecule has 2 aliphatic heterocycles. The van der Waals surface area contributed by atoms with Crippen LogP contribution >= 0.6 is 0 Å². The van der Waals surface area contributed by atoms with Crippen molar-refractivity contribution in [2.75, 3.05) is 19.8 Å². The fourth-order valence-corrected chi connectivity index (χ4v) is 2.76. The lowest BCUT2D eigenvalue weighted by atomic mass is 10.1. The first-order chi connectivity index (χ1) is 12.7. The highest BCUT2D eigenvalue weighted by Gasteiger charge is 2.26. The van der Waals surface area contributed by atoms with E-state index in [-0.39, 0.29) is 11.6 Å². The molecule has 0 saturated heterocycles. The van der Waals surface area contributed by atoms with Crippen molar-refractivity contribution in [3.8, 4) is 17.2 Å². The maximum absolute atomic E-state index is 12.2. The molecular weight excluding hydrogens is 334 g/mol. The molecule has 6 nitrogen and oxygen atoms in total. The maximum Gasteiger partial charge on any atom is 0.363 e. The van der Waals surface area contributed by atoms with Gasteiger partial charge in [0.15, 0.2) is 17.2 Å². The second kappa shape index (κ2) is 6.92. The Balaban J connectivity index is 1.65. The molecule has 0 unspecified atom stereocenters. The van der Waals surface area contributed by atoms with Crippen molar-refractivity contribution in [1.29, 1.82) is 0 Å². The lowest BCUT2D eigenvalue weighted by molar-refractivity contribution is -0.129. The van der Waals surface area contributed by atoms with Gasteiger partial charge >= 0.3 is 5.97 Å². The zero-order chi connectivity index (χ0) is 17.9. The van der Waals surface area contributed by atoms with Crippen LogP contribution in [-0.2, 0) is 9.53 Å². The molecule has 0 bridgehead atoms. The predicted octanol–water partition coefficient (Wildman–Crippen LogP) is 3.20. The number of ether oxygens (including phenoxy) is 4. The molecule has 0 saturated carbocycles. The Hall–Kier alpha value is -3.28. The quantitative estimate of drug-likeness (QED) is 0.625. The first-order valence-electron chi connectivity index (χ1n) is 8.39. The number of esters is 1. The predicted molar refractivity (Wildman–Crippen MR) is 95.6 cm³/mol. The van der Waals surface area contributed by atoms with Crippen molar-refractivity contribution in [3.05, 3.63) is 59.3 Å². The van der Waals surface area contributed by atoms with E-state index in [4.69, 9.17) is 18.9 Å². The first-order valence-corrected chi connectivity index (χ1v) is 8.39. The minimum atomic E-state index is -0.499. The van der Waals surface area contributed by atoms with E-state index >= 15 is 0 Å². The summed E-state index contributed by atoms with van der Waals surface area (Å²) in [5, 5.41) is 0. The van der Waals surface area contributed by atoms with Crippen LogP contribution in [0.2, 0.25) is 0 Å². The highest BCUT2D eigenvalue weighted by molar-refractivity contribution is 6.13. The summed E-state index contributed by atoms with van der Waals surface area (Å²) in [6.45, 7) is 3.45. The molecule has 4 rings (SSSR count). The normalized spacial score (nSPS) is 17.0. The zero-order valence-corrected chi connectivity index (χ0v) is 14.2. The van der Waals surface area contributed by atoms with E-state index in [0.29, 0.717) is 42.6 Å². The van der Waals surface area contributed by atoms with Gasteiger partial charge in [0, 0.05) is 0 Å². The molecule has 0 aliphatic carbocycles. The lowest BCUT2D eigenvalue weighted by Crippen LogP contribution is -2.15. The third kappa shape index (κ3) is 3.13. The molecule has 0 aromatic heterocycles. The molecule has 6 heteroatoms. The summed E-state index contributed by atoms with van der Waals surface area (Å²) < 4.78 is 22.0. The highest BCUT2D eigenvalue weighted by Crippen LogP contribution is 2.32. The van der Waals surface area contributed by atoms with Gasteiger partial charge in [0.2, 0.25) is 5.90 Å². The summed E-state index contributed by atoms with van der Waals surface area (Å²) in [5.74, 6) is 1.72. The molecule has 2 aromatic carbocycles. The van der Waals surface area contributed by atoms with Crippen LogP contribution in [0.5, 0.6) is 17.2 Å². The zero-order valence-electron chi connectivity index (χ0n) is 14.2. The Morgan fingerprint density at radius 1 is 1.12 bits per heavy atom. The van der Waals surface area contributed by atoms with Crippen LogP contribution in [0.15, 0.2) is 53.2 Å². The second-order valence-electron chi connectivity index (χ2n) is 5.67. The molecule has 0 N–H and O–H groups in total. The Morgan fingerprint density at radius 2 is 1.92 bits per heavy atom. The molecular formula is C20H17NO5. The fraction of sp³-hybridized carbons (Fsp3) is 0.200. The molecule has 0 atom stereocenters. The number of hydrogen-bond acceptors (Lipinski definition) is 6. The average molecular weight is 351 g/mol.